The number of rotatable bonds is 5. The average molecular weight is 449 g/mol. The third-order valence-electron chi connectivity index (χ3n) is 5.62. The molecule has 0 radical (unpaired) electrons. The van der Waals surface area contributed by atoms with Gasteiger partial charge in [-0.15, -0.1) is 0 Å². The minimum absolute atomic E-state index is 0.0433. The third kappa shape index (κ3) is 4.51. The van der Waals surface area contributed by atoms with E-state index in [0.29, 0.717) is 23.1 Å². The fraction of sp³-hybridized carbons (Fsp3) is 0.231. The minimum atomic E-state index is 0.0433. The van der Waals surface area contributed by atoms with Crippen molar-refractivity contribution in [2.45, 2.75) is 40.7 Å². The van der Waals surface area contributed by atoms with Crippen molar-refractivity contribution in [3.63, 3.8) is 0 Å². The molecule has 0 atom stereocenters. The maximum absolute atomic E-state index is 13.6. The molecule has 0 fully saturated rings. The first-order valence-corrected chi connectivity index (χ1v) is 11.5. The molecule has 0 saturated carbocycles. The summed E-state index contributed by atoms with van der Waals surface area (Å²) in [6.45, 7) is 8.69. The molecule has 3 aromatic carbocycles. The first kappa shape index (κ1) is 21.5. The summed E-state index contributed by atoms with van der Waals surface area (Å²) in [6.07, 6.45) is 0.348. The predicted molar refractivity (Wildman–Crippen MR) is 131 cm³/mol. The van der Waals surface area contributed by atoms with Gasteiger partial charge in [-0.25, -0.2) is 4.98 Å². The molecule has 0 aliphatic rings. The Balaban J connectivity index is 1.74. The molecule has 1 amide bonds. The highest BCUT2D eigenvalue weighted by Gasteiger charge is 2.22. The van der Waals surface area contributed by atoms with Crippen LogP contribution >= 0.6 is 22.9 Å². The zero-order valence-corrected chi connectivity index (χ0v) is 19.8. The number of halogens is 1. The lowest BCUT2D eigenvalue weighted by Crippen LogP contribution is -2.32. The van der Waals surface area contributed by atoms with Crippen LogP contribution in [0.5, 0.6) is 0 Å². The fourth-order valence-corrected chi connectivity index (χ4v) is 5.16. The van der Waals surface area contributed by atoms with Crippen LogP contribution in [-0.2, 0) is 17.8 Å². The summed E-state index contributed by atoms with van der Waals surface area (Å²) in [5.41, 5.74) is 7.48. The summed E-state index contributed by atoms with van der Waals surface area (Å²) in [7, 11) is 0. The second kappa shape index (κ2) is 8.81. The van der Waals surface area contributed by atoms with E-state index in [2.05, 4.69) is 32.9 Å². The number of amides is 1. The summed E-state index contributed by atoms with van der Waals surface area (Å²) in [4.78, 5) is 20.2. The fourth-order valence-electron chi connectivity index (χ4n) is 3.97. The SMILES string of the molecule is Cc1cc(C)c(CC(=O)N(Cc2ccccc2)c2nc3c(C)c(Cl)ccc3s2)c(C)c1. The Kier molecular flexibility index (Phi) is 6.12. The van der Waals surface area contributed by atoms with Crippen molar-refractivity contribution < 1.29 is 4.79 Å². The van der Waals surface area contributed by atoms with E-state index >= 15 is 0 Å². The largest absolute Gasteiger partial charge is 0.283 e. The zero-order valence-electron chi connectivity index (χ0n) is 18.2. The second-order valence-electron chi connectivity index (χ2n) is 8.04. The van der Waals surface area contributed by atoms with Crippen LogP contribution in [-0.4, -0.2) is 10.9 Å². The van der Waals surface area contributed by atoms with E-state index in [1.54, 1.807) is 0 Å². The van der Waals surface area contributed by atoms with Gasteiger partial charge in [-0.1, -0.05) is 71.0 Å². The Labute approximate surface area is 192 Å². The monoisotopic (exact) mass is 448 g/mol. The lowest BCUT2D eigenvalue weighted by Gasteiger charge is -2.21. The van der Waals surface area contributed by atoms with E-state index in [1.165, 1.54) is 16.9 Å². The topological polar surface area (TPSA) is 33.2 Å². The van der Waals surface area contributed by atoms with Crippen molar-refractivity contribution in [2.24, 2.45) is 0 Å². The first-order valence-electron chi connectivity index (χ1n) is 10.3. The number of aromatic nitrogens is 1. The van der Waals surface area contributed by atoms with Crippen molar-refractivity contribution in [1.29, 1.82) is 0 Å². The highest BCUT2D eigenvalue weighted by atomic mass is 35.5. The molecular weight excluding hydrogens is 424 g/mol. The lowest BCUT2D eigenvalue weighted by atomic mass is 9.97. The Hall–Kier alpha value is -2.69. The summed E-state index contributed by atoms with van der Waals surface area (Å²) < 4.78 is 1.03. The number of hydrogen-bond acceptors (Lipinski definition) is 3. The van der Waals surface area contributed by atoms with Crippen LogP contribution in [0.2, 0.25) is 5.02 Å². The van der Waals surface area contributed by atoms with Crippen molar-refractivity contribution in [3.8, 4) is 0 Å². The number of nitrogens with zero attached hydrogens (tertiary/aromatic N) is 2. The van der Waals surface area contributed by atoms with Crippen LogP contribution in [0.3, 0.4) is 0 Å². The Morgan fingerprint density at radius 1 is 1.00 bits per heavy atom. The number of aryl methyl sites for hydroxylation is 4. The van der Waals surface area contributed by atoms with E-state index in [0.717, 1.165) is 38.0 Å². The van der Waals surface area contributed by atoms with E-state index in [-0.39, 0.29) is 5.91 Å². The van der Waals surface area contributed by atoms with E-state index in [1.807, 2.05) is 54.3 Å². The van der Waals surface area contributed by atoms with Crippen LogP contribution in [0.25, 0.3) is 10.2 Å². The van der Waals surface area contributed by atoms with Gasteiger partial charge in [-0.2, -0.15) is 0 Å². The molecule has 0 N–H and O–H groups in total. The molecule has 0 saturated heterocycles. The molecule has 1 aromatic heterocycles. The standard InChI is InChI=1S/C26H25ClN2OS/c1-16-12-17(2)21(18(3)13-16)14-24(30)29(15-20-8-6-5-7-9-20)26-28-25-19(4)22(27)10-11-23(25)31-26/h5-13H,14-15H2,1-4H3. The van der Waals surface area contributed by atoms with E-state index in [9.17, 15) is 4.79 Å². The maximum atomic E-state index is 13.6. The van der Waals surface area contributed by atoms with Crippen LogP contribution in [0.15, 0.2) is 54.6 Å². The molecule has 5 heteroatoms. The molecule has 3 nitrogen and oxygen atoms in total. The highest BCUT2D eigenvalue weighted by molar-refractivity contribution is 7.22. The number of carbonyl (C=O) groups is 1. The molecule has 0 unspecified atom stereocenters. The quantitative estimate of drug-likeness (QED) is 0.330. The predicted octanol–water partition coefficient (Wildman–Crippen LogP) is 6.96. The molecule has 4 rings (SSSR count). The summed E-state index contributed by atoms with van der Waals surface area (Å²) in [5.74, 6) is 0.0433. The number of hydrogen-bond donors (Lipinski definition) is 0. The Bertz CT molecular complexity index is 1240. The molecule has 158 valence electrons. The number of anilines is 1. The lowest BCUT2D eigenvalue weighted by molar-refractivity contribution is -0.118. The van der Waals surface area contributed by atoms with Gasteiger partial charge in [0, 0.05) is 5.02 Å². The molecule has 0 aliphatic heterocycles. The normalized spacial score (nSPS) is 11.1. The number of thiazole rings is 1. The van der Waals surface area contributed by atoms with Gasteiger partial charge in [-0.3, -0.25) is 9.69 Å². The molecular formula is C26H25ClN2OS. The molecule has 0 bridgehead atoms. The molecule has 4 aromatic rings. The van der Waals surface area contributed by atoms with Crippen LogP contribution < -0.4 is 4.90 Å². The summed E-state index contributed by atoms with van der Waals surface area (Å²) >= 11 is 7.84. The van der Waals surface area contributed by atoms with Gasteiger partial charge < -0.3 is 0 Å². The van der Waals surface area contributed by atoms with Crippen molar-refractivity contribution >= 4 is 44.2 Å². The Morgan fingerprint density at radius 3 is 2.35 bits per heavy atom. The number of carbonyl (C=O) groups excluding carboxylic acids is 1. The molecule has 1 heterocycles. The van der Waals surface area contributed by atoms with Crippen molar-refractivity contribution in [3.05, 3.63) is 93.0 Å². The van der Waals surface area contributed by atoms with Crippen molar-refractivity contribution in [2.75, 3.05) is 4.90 Å². The summed E-state index contributed by atoms with van der Waals surface area (Å²) in [5, 5.41) is 1.40. The van der Waals surface area contributed by atoms with Crippen molar-refractivity contribution in [1.82, 2.24) is 4.98 Å². The van der Waals surface area contributed by atoms with Gasteiger partial charge in [0.15, 0.2) is 5.13 Å². The van der Waals surface area contributed by atoms with E-state index in [4.69, 9.17) is 16.6 Å². The maximum Gasteiger partial charge on any atom is 0.233 e. The Morgan fingerprint density at radius 2 is 1.68 bits per heavy atom. The van der Waals surface area contributed by atoms with Gasteiger partial charge in [0.1, 0.15) is 0 Å². The van der Waals surface area contributed by atoms with Gasteiger partial charge >= 0.3 is 0 Å². The second-order valence-corrected chi connectivity index (χ2v) is 9.45. The van der Waals surface area contributed by atoms with Crippen LogP contribution in [0.1, 0.15) is 33.4 Å². The zero-order chi connectivity index (χ0) is 22.1. The highest BCUT2D eigenvalue weighted by Crippen LogP contribution is 2.34. The van der Waals surface area contributed by atoms with Crippen LogP contribution in [0, 0.1) is 27.7 Å². The number of fused-ring (bicyclic) bond motifs is 1. The molecule has 31 heavy (non-hydrogen) atoms. The summed E-state index contributed by atoms with van der Waals surface area (Å²) in [6, 6.07) is 18.2. The first-order chi connectivity index (χ1) is 14.8. The average Bonchev–Trinajstić information content (AvgIpc) is 3.17. The van der Waals surface area contributed by atoms with Gasteiger partial charge in [0.05, 0.1) is 23.2 Å². The van der Waals surface area contributed by atoms with Crippen LogP contribution in [0.4, 0.5) is 5.13 Å². The molecule has 0 aliphatic carbocycles. The van der Waals surface area contributed by atoms with Gasteiger partial charge in [-0.05, 0) is 67.6 Å². The smallest absolute Gasteiger partial charge is 0.233 e. The number of benzene rings is 3. The molecule has 0 spiro atoms. The third-order valence-corrected chi connectivity index (χ3v) is 7.07. The van der Waals surface area contributed by atoms with Gasteiger partial charge in [0.25, 0.3) is 0 Å². The minimum Gasteiger partial charge on any atom is -0.283 e. The van der Waals surface area contributed by atoms with Gasteiger partial charge in [0.2, 0.25) is 5.91 Å². The van der Waals surface area contributed by atoms with E-state index < -0.39 is 0 Å².